The van der Waals surface area contributed by atoms with Gasteiger partial charge in [0.15, 0.2) is 4.80 Å². The van der Waals surface area contributed by atoms with Crippen LogP contribution in [0.25, 0.3) is 6.08 Å². The summed E-state index contributed by atoms with van der Waals surface area (Å²) >= 11 is 13.7. The van der Waals surface area contributed by atoms with Crippen molar-refractivity contribution in [3.05, 3.63) is 130 Å². The molecule has 0 saturated heterocycles. The van der Waals surface area contributed by atoms with Crippen LogP contribution in [0.3, 0.4) is 0 Å². The lowest BCUT2D eigenvalue weighted by molar-refractivity contribution is -0.143. The molecule has 5 rings (SSSR count). The molecule has 0 saturated carbocycles. The molecule has 1 atom stereocenters. The van der Waals surface area contributed by atoms with Crippen LogP contribution in [-0.2, 0) is 16.1 Å². The van der Waals surface area contributed by atoms with Crippen molar-refractivity contribution in [2.75, 3.05) is 0 Å². The summed E-state index contributed by atoms with van der Waals surface area (Å²) in [6, 6.07) is 20.7. The number of allylic oxidation sites excluding steroid dienone is 1. The van der Waals surface area contributed by atoms with Crippen LogP contribution in [0, 0.1) is 11.3 Å². The summed E-state index contributed by atoms with van der Waals surface area (Å²) in [6.07, 6.45) is 1.37. The van der Waals surface area contributed by atoms with Crippen molar-refractivity contribution in [1.82, 2.24) is 4.57 Å². The van der Waals surface area contributed by atoms with Crippen LogP contribution in [0.5, 0.6) is 5.75 Å². The van der Waals surface area contributed by atoms with Crippen molar-refractivity contribution in [3.63, 3.8) is 0 Å². The van der Waals surface area contributed by atoms with Gasteiger partial charge >= 0.3 is 5.97 Å². The highest BCUT2D eigenvalue weighted by Gasteiger charge is 2.33. The van der Waals surface area contributed by atoms with Gasteiger partial charge in [0.05, 0.1) is 39.6 Å². The largest absolute Gasteiger partial charge is 0.488 e. The minimum Gasteiger partial charge on any atom is -0.488 e. The number of rotatable bonds is 7. The number of benzene rings is 3. The van der Waals surface area contributed by atoms with E-state index in [1.807, 2.05) is 12.1 Å². The molecule has 0 aliphatic carbocycles. The molecule has 2 heterocycles. The Bertz CT molecular complexity index is 1920. The van der Waals surface area contributed by atoms with Gasteiger partial charge in [-0.3, -0.25) is 9.36 Å². The molecule has 4 aromatic rings. The third-order valence-electron chi connectivity index (χ3n) is 6.51. The molecule has 3 aromatic carbocycles. The fourth-order valence-electron chi connectivity index (χ4n) is 4.56. The lowest BCUT2D eigenvalue weighted by atomic mass is 9.96. The number of carbonyl (C=O) groups excluding carboxylic acids is 1. The number of hydrogen-bond acceptors (Lipinski definition) is 7. The Morgan fingerprint density at radius 3 is 2.45 bits per heavy atom. The Morgan fingerprint density at radius 1 is 1.10 bits per heavy atom. The van der Waals surface area contributed by atoms with Gasteiger partial charge in [-0.1, -0.05) is 58.8 Å². The van der Waals surface area contributed by atoms with Crippen LogP contribution in [0.15, 0.2) is 87.8 Å². The lowest BCUT2D eigenvalue weighted by Gasteiger charge is -2.25. The van der Waals surface area contributed by atoms with Crippen molar-refractivity contribution < 1.29 is 14.3 Å². The number of esters is 1. The van der Waals surface area contributed by atoms with Gasteiger partial charge in [-0.05, 0) is 80.4 Å². The first kappa shape index (κ1) is 29.3. The molecular weight excluding hydrogens is 593 g/mol. The summed E-state index contributed by atoms with van der Waals surface area (Å²) in [5.74, 6) is -0.00460. The van der Waals surface area contributed by atoms with Crippen molar-refractivity contribution >= 4 is 46.6 Å². The number of halogens is 2. The molecule has 1 aliphatic rings. The number of thiazole rings is 1. The molecule has 0 bridgehead atoms. The summed E-state index contributed by atoms with van der Waals surface area (Å²) in [6.45, 7) is 5.54. The van der Waals surface area contributed by atoms with E-state index in [1.165, 1.54) is 15.9 Å². The highest BCUT2D eigenvalue weighted by atomic mass is 35.5. The van der Waals surface area contributed by atoms with Gasteiger partial charge in [0.2, 0.25) is 0 Å². The number of hydrogen-bond donors (Lipinski definition) is 0. The Hall–Kier alpha value is -4.16. The van der Waals surface area contributed by atoms with Gasteiger partial charge in [-0.15, -0.1) is 0 Å². The van der Waals surface area contributed by atoms with E-state index < -0.39 is 12.0 Å². The van der Waals surface area contributed by atoms with Crippen LogP contribution < -0.4 is 19.6 Å². The molecule has 0 unspecified atom stereocenters. The van der Waals surface area contributed by atoms with Gasteiger partial charge in [0.25, 0.3) is 5.56 Å². The smallest absolute Gasteiger partial charge is 0.338 e. The average Bonchev–Trinajstić information content (AvgIpc) is 3.26. The first-order chi connectivity index (χ1) is 20.1. The van der Waals surface area contributed by atoms with Gasteiger partial charge in [-0.2, -0.15) is 5.26 Å². The molecule has 0 fully saturated rings. The number of carbonyl (C=O) groups is 1. The quantitative estimate of drug-likeness (QED) is 0.239. The van der Waals surface area contributed by atoms with E-state index in [2.05, 4.69) is 11.1 Å². The normalized spacial score (nSPS) is 14.8. The third-order valence-corrected chi connectivity index (χ3v) is 7.98. The summed E-state index contributed by atoms with van der Waals surface area (Å²) in [7, 11) is 0. The zero-order chi connectivity index (χ0) is 30.0. The van der Waals surface area contributed by atoms with E-state index in [0.717, 1.165) is 5.56 Å². The molecule has 42 heavy (non-hydrogen) atoms. The van der Waals surface area contributed by atoms with E-state index in [9.17, 15) is 9.59 Å². The van der Waals surface area contributed by atoms with Gasteiger partial charge in [-0.25, -0.2) is 9.79 Å². The van der Waals surface area contributed by atoms with Crippen molar-refractivity contribution in [3.8, 4) is 11.8 Å². The monoisotopic (exact) mass is 617 g/mol. The molecule has 10 heteroatoms. The van der Waals surface area contributed by atoms with E-state index in [4.69, 9.17) is 37.9 Å². The minimum atomic E-state index is -0.751. The van der Waals surface area contributed by atoms with Crippen molar-refractivity contribution in [2.24, 2.45) is 4.99 Å². The molecule has 0 radical (unpaired) electrons. The van der Waals surface area contributed by atoms with Gasteiger partial charge < -0.3 is 9.47 Å². The van der Waals surface area contributed by atoms with Crippen LogP contribution in [0.2, 0.25) is 10.0 Å². The lowest BCUT2D eigenvalue weighted by Crippen LogP contribution is -2.40. The fourth-order valence-corrected chi connectivity index (χ4v) is 5.91. The Kier molecular flexibility index (Phi) is 8.64. The number of nitriles is 1. The predicted octanol–water partition coefficient (Wildman–Crippen LogP) is 5.94. The first-order valence-electron chi connectivity index (χ1n) is 13.0. The predicted molar refractivity (Wildman–Crippen MR) is 163 cm³/mol. The van der Waals surface area contributed by atoms with E-state index in [1.54, 1.807) is 81.4 Å². The van der Waals surface area contributed by atoms with Crippen LogP contribution in [0.4, 0.5) is 0 Å². The molecule has 0 N–H and O–H groups in total. The minimum absolute atomic E-state index is 0.256. The molecule has 0 amide bonds. The number of ether oxygens (including phenoxy) is 2. The van der Waals surface area contributed by atoms with E-state index in [0.29, 0.717) is 53.1 Å². The van der Waals surface area contributed by atoms with Crippen LogP contribution in [0.1, 0.15) is 49.1 Å². The zero-order valence-corrected chi connectivity index (χ0v) is 25.3. The summed E-state index contributed by atoms with van der Waals surface area (Å²) in [5.41, 5.74) is 3.20. The Labute approximate surface area is 256 Å². The molecule has 0 spiro atoms. The third kappa shape index (κ3) is 6.19. The van der Waals surface area contributed by atoms with Crippen LogP contribution in [-0.4, -0.2) is 16.6 Å². The summed E-state index contributed by atoms with van der Waals surface area (Å²) in [4.78, 5) is 32.3. The van der Waals surface area contributed by atoms with Gasteiger partial charge in [0, 0.05) is 15.6 Å². The second-order valence-corrected chi connectivity index (χ2v) is 11.7. The topological polar surface area (TPSA) is 93.7 Å². The molecular formula is C32H25Cl2N3O4S. The molecule has 7 nitrogen and oxygen atoms in total. The van der Waals surface area contributed by atoms with Crippen LogP contribution >= 0.6 is 34.5 Å². The summed E-state index contributed by atoms with van der Waals surface area (Å²) in [5, 5.41) is 10.1. The standard InChI is InChI=1S/C32H25Cl2N3O4S/c1-18(2)41-31(39)28-19(3)36-32-37(29(28)22-8-10-24(33)11-9-22)30(38)27(42-32)15-23-14-25(34)12-13-26(23)40-17-21-6-4-20(16-35)5-7-21/h4-15,18,29H,17H2,1-3H3/b27-15+/t29-/m0/s1. The molecule has 1 aromatic heterocycles. The summed E-state index contributed by atoms with van der Waals surface area (Å²) < 4.78 is 13.5. The Balaban J connectivity index is 1.59. The highest BCUT2D eigenvalue weighted by Crippen LogP contribution is 2.32. The second-order valence-electron chi connectivity index (χ2n) is 9.87. The SMILES string of the molecule is CC1=C(C(=O)OC(C)C)[C@H](c2ccc(Cl)cc2)n2c(s/c(=C/c3cc(Cl)ccc3OCc3ccc(C#N)cc3)c2=O)=N1. The maximum atomic E-state index is 14.0. The van der Waals surface area contributed by atoms with Crippen molar-refractivity contribution in [1.29, 1.82) is 5.26 Å². The first-order valence-corrected chi connectivity index (χ1v) is 14.6. The molecule has 1 aliphatic heterocycles. The maximum absolute atomic E-state index is 14.0. The van der Waals surface area contributed by atoms with Crippen molar-refractivity contribution in [2.45, 2.75) is 39.5 Å². The maximum Gasteiger partial charge on any atom is 0.338 e. The number of fused-ring (bicyclic) bond motifs is 1. The Morgan fingerprint density at radius 2 is 1.79 bits per heavy atom. The highest BCUT2D eigenvalue weighted by molar-refractivity contribution is 7.07. The fraction of sp³-hybridized carbons (Fsp3) is 0.188. The number of aromatic nitrogens is 1. The van der Waals surface area contributed by atoms with E-state index >= 15 is 0 Å². The number of nitrogens with zero attached hydrogens (tertiary/aromatic N) is 3. The second kappa shape index (κ2) is 12.4. The molecule has 212 valence electrons. The average molecular weight is 619 g/mol. The van der Waals surface area contributed by atoms with E-state index in [-0.39, 0.29) is 18.3 Å². The van der Waals surface area contributed by atoms with Gasteiger partial charge in [0.1, 0.15) is 12.4 Å². The zero-order valence-electron chi connectivity index (χ0n) is 22.9.